The number of carbonyl (C=O) groups excluding carboxylic acids is 1. The van der Waals surface area contributed by atoms with Gasteiger partial charge in [-0.15, -0.1) is 11.3 Å². The van der Waals surface area contributed by atoms with Crippen LogP contribution in [0.3, 0.4) is 0 Å². The number of ether oxygens (including phenoxy) is 1. The molecule has 3 heterocycles. The lowest BCUT2D eigenvalue weighted by atomic mass is 10.2. The molecule has 2 aromatic heterocycles. The van der Waals surface area contributed by atoms with Crippen molar-refractivity contribution in [1.29, 1.82) is 0 Å². The molecule has 7 heteroatoms. The van der Waals surface area contributed by atoms with Crippen molar-refractivity contribution in [2.24, 2.45) is 0 Å². The van der Waals surface area contributed by atoms with Crippen LogP contribution in [0.1, 0.15) is 37.9 Å². The van der Waals surface area contributed by atoms with Gasteiger partial charge >= 0.3 is 0 Å². The fourth-order valence-corrected chi connectivity index (χ4v) is 4.15. The minimum absolute atomic E-state index is 0.0278. The van der Waals surface area contributed by atoms with Crippen molar-refractivity contribution in [2.75, 3.05) is 24.6 Å². The van der Waals surface area contributed by atoms with Crippen LogP contribution in [-0.4, -0.2) is 46.6 Å². The average molecular weight is 375 g/mol. The van der Waals surface area contributed by atoms with Crippen molar-refractivity contribution < 1.29 is 9.53 Å². The number of anilines is 1. The number of hydrogen-bond acceptors (Lipinski definition) is 6. The first-order chi connectivity index (χ1) is 12.7. The second-order valence-electron chi connectivity index (χ2n) is 6.55. The molecule has 3 rings (SSSR count). The van der Waals surface area contributed by atoms with Crippen LogP contribution in [0.2, 0.25) is 0 Å². The topological polar surface area (TPSA) is 58.6 Å². The first kappa shape index (κ1) is 18.9. The number of nitrogens with zero attached hydrogens (tertiary/aromatic N) is 4. The Bertz CT molecular complexity index is 701. The maximum atomic E-state index is 11.7. The van der Waals surface area contributed by atoms with Gasteiger partial charge in [0.05, 0.1) is 11.8 Å². The summed E-state index contributed by atoms with van der Waals surface area (Å²) >= 11 is 1.53. The van der Waals surface area contributed by atoms with Gasteiger partial charge in [0.1, 0.15) is 0 Å². The molecule has 1 atom stereocenters. The second kappa shape index (κ2) is 9.21. The minimum atomic E-state index is 0.0278. The van der Waals surface area contributed by atoms with Gasteiger partial charge < -0.3 is 4.74 Å². The van der Waals surface area contributed by atoms with Crippen LogP contribution in [0.15, 0.2) is 29.9 Å². The van der Waals surface area contributed by atoms with Crippen LogP contribution >= 0.6 is 11.3 Å². The molecule has 0 spiro atoms. The predicted molar refractivity (Wildman–Crippen MR) is 103 cm³/mol. The van der Waals surface area contributed by atoms with Crippen LogP contribution in [0.25, 0.3) is 0 Å². The van der Waals surface area contributed by atoms with E-state index in [9.17, 15) is 4.79 Å². The van der Waals surface area contributed by atoms with Crippen molar-refractivity contribution >= 4 is 22.4 Å². The predicted octanol–water partition coefficient (Wildman–Crippen LogP) is 3.09. The van der Waals surface area contributed by atoms with Crippen LogP contribution in [0.5, 0.6) is 0 Å². The molecule has 0 N–H and O–H groups in total. The number of thiazole rings is 1. The largest absolute Gasteiger partial charge is 0.377 e. The molecule has 1 amide bonds. The third-order valence-corrected chi connectivity index (χ3v) is 5.38. The summed E-state index contributed by atoms with van der Waals surface area (Å²) in [6.45, 7) is 7.47. The van der Waals surface area contributed by atoms with E-state index >= 15 is 0 Å². The lowest BCUT2D eigenvalue weighted by Crippen LogP contribution is -2.32. The molecule has 0 saturated carbocycles. The van der Waals surface area contributed by atoms with Crippen LogP contribution in [0, 0.1) is 0 Å². The monoisotopic (exact) mass is 374 g/mol. The van der Waals surface area contributed by atoms with Gasteiger partial charge in [-0.3, -0.25) is 19.6 Å². The normalized spacial score (nSPS) is 17.0. The van der Waals surface area contributed by atoms with Gasteiger partial charge in [-0.2, -0.15) is 0 Å². The van der Waals surface area contributed by atoms with Gasteiger partial charge in [0.25, 0.3) is 0 Å². The van der Waals surface area contributed by atoms with Crippen molar-refractivity contribution in [2.45, 2.75) is 45.9 Å². The zero-order valence-electron chi connectivity index (χ0n) is 15.4. The van der Waals surface area contributed by atoms with Gasteiger partial charge in [-0.1, -0.05) is 6.07 Å². The zero-order valence-corrected chi connectivity index (χ0v) is 16.2. The smallest absolute Gasteiger partial charge is 0.225 e. The van der Waals surface area contributed by atoms with E-state index in [-0.39, 0.29) is 12.0 Å². The summed E-state index contributed by atoms with van der Waals surface area (Å²) < 4.78 is 5.82. The summed E-state index contributed by atoms with van der Waals surface area (Å²) in [7, 11) is 0. The molecule has 2 aromatic rings. The van der Waals surface area contributed by atoms with E-state index in [0.717, 1.165) is 49.9 Å². The molecular formula is C19H26N4O2S. The molecule has 0 bridgehead atoms. The Labute approximate surface area is 158 Å². The minimum Gasteiger partial charge on any atom is -0.377 e. The Morgan fingerprint density at radius 3 is 2.96 bits per heavy atom. The Balaban J connectivity index is 1.70. The Hall–Kier alpha value is -1.83. The number of aromatic nitrogens is 2. The number of pyridine rings is 1. The molecule has 0 aromatic carbocycles. The van der Waals surface area contributed by atoms with Crippen LogP contribution in [-0.2, 0) is 22.6 Å². The summed E-state index contributed by atoms with van der Waals surface area (Å²) in [5.74, 6) is 0.0278. The highest BCUT2D eigenvalue weighted by atomic mass is 32.1. The second-order valence-corrected chi connectivity index (χ2v) is 7.39. The van der Waals surface area contributed by atoms with Gasteiger partial charge in [0.15, 0.2) is 5.13 Å². The lowest BCUT2D eigenvalue weighted by molar-refractivity contribution is -0.116. The molecule has 1 saturated heterocycles. The number of hydrogen-bond donors (Lipinski definition) is 0. The van der Waals surface area contributed by atoms with Crippen molar-refractivity contribution in [3.05, 3.63) is 41.2 Å². The molecule has 1 aliphatic heterocycles. The number of amides is 1. The molecule has 26 heavy (non-hydrogen) atoms. The summed E-state index contributed by atoms with van der Waals surface area (Å²) in [6, 6.07) is 4.06. The summed E-state index contributed by atoms with van der Waals surface area (Å²) in [5.41, 5.74) is 2.17. The summed E-state index contributed by atoms with van der Waals surface area (Å²) in [6.07, 6.45) is 6.23. The Kier molecular flexibility index (Phi) is 6.71. The standard InChI is InChI=1S/C19H26N4O2S/c1-3-23(15(2)24)19-21-17(14-26-19)12-22(13-18-7-5-9-25-18)11-16-6-4-8-20-10-16/h4,6,8,10,14,18H,3,5,7,9,11-13H2,1-2H3. The van der Waals surface area contributed by atoms with Crippen molar-refractivity contribution in [3.63, 3.8) is 0 Å². The molecule has 140 valence electrons. The van der Waals surface area contributed by atoms with Crippen LogP contribution in [0.4, 0.5) is 5.13 Å². The maximum absolute atomic E-state index is 11.7. The van der Waals surface area contributed by atoms with Gasteiger partial charge in [-0.05, 0) is 31.4 Å². The van der Waals surface area contributed by atoms with E-state index < -0.39 is 0 Å². The molecule has 1 unspecified atom stereocenters. The maximum Gasteiger partial charge on any atom is 0.225 e. The molecule has 1 aliphatic rings. The van der Waals surface area contributed by atoms with E-state index in [1.807, 2.05) is 24.6 Å². The van der Waals surface area contributed by atoms with Crippen molar-refractivity contribution in [3.8, 4) is 0 Å². The summed E-state index contributed by atoms with van der Waals surface area (Å²) in [4.78, 5) is 24.7. The fourth-order valence-electron chi connectivity index (χ4n) is 3.23. The van der Waals surface area contributed by atoms with E-state index in [2.05, 4.69) is 20.9 Å². The molecular weight excluding hydrogens is 348 g/mol. The molecule has 1 fully saturated rings. The van der Waals surface area contributed by atoms with E-state index in [4.69, 9.17) is 4.74 Å². The quantitative estimate of drug-likeness (QED) is 0.711. The lowest BCUT2D eigenvalue weighted by Gasteiger charge is -2.24. The van der Waals surface area contributed by atoms with E-state index in [1.165, 1.54) is 16.9 Å². The SMILES string of the molecule is CCN(C(C)=O)c1nc(CN(Cc2cccnc2)CC2CCCO2)cs1. The van der Waals surface area contributed by atoms with Crippen molar-refractivity contribution in [1.82, 2.24) is 14.9 Å². The van der Waals surface area contributed by atoms with Gasteiger partial charge in [0.2, 0.25) is 5.91 Å². The van der Waals surface area contributed by atoms with Gasteiger partial charge in [-0.25, -0.2) is 4.98 Å². The third kappa shape index (κ3) is 5.09. The highest BCUT2D eigenvalue weighted by molar-refractivity contribution is 7.14. The number of rotatable bonds is 8. The fraction of sp³-hybridized carbons (Fsp3) is 0.526. The number of carbonyl (C=O) groups is 1. The average Bonchev–Trinajstić information content (AvgIpc) is 3.28. The zero-order chi connectivity index (χ0) is 18.4. The molecule has 0 aliphatic carbocycles. The Morgan fingerprint density at radius 2 is 2.31 bits per heavy atom. The molecule has 0 radical (unpaired) electrons. The van der Waals surface area contributed by atoms with Crippen LogP contribution < -0.4 is 4.90 Å². The summed E-state index contributed by atoms with van der Waals surface area (Å²) in [5, 5.41) is 2.82. The highest BCUT2D eigenvalue weighted by Crippen LogP contribution is 2.23. The first-order valence-corrected chi connectivity index (χ1v) is 9.99. The van der Waals surface area contributed by atoms with Gasteiger partial charge in [0, 0.05) is 57.5 Å². The molecule has 6 nitrogen and oxygen atoms in total. The highest BCUT2D eigenvalue weighted by Gasteiger charge is 2.21. The van der Waals surface area contributed by atoms with E-state index in [1.54, 1.807) is 18.0 Å². The van der Waals surface area contributed by atoms with E-state index in [0.29, 0.717) is 6.54 Å². The Morgan fingerprint density at radius 1 is 1.42 bits per heavy atom. The first-order valence-electron chi connectivity index (χ1n) is 9.11. The third-order valence-electron chi connectivity index (χ3n) is 4.47.